The molecule has 0 aromatic carbocycles. The Hall–Kier alpha value is -1.26. The fraction of sp³-hybridized carbons (Fsp3) is 0.857. The van der Waals surface area contributed by atoms with E-state index in [1.807, 2.05) is 25.7 Å². The van der Waals surface area contributed by atoms with Crippen LogP contribution in [0.5, 0.6) is 0 Å². The van der Waals surface area contributed by atoms with Gasteiger partial charge in [0.1, 0.15) is 5.60 Å². The maximum Gasteiger partial charge on any atom is 0.407 e. The Kier molecular flexibility index (Phi) is 5.63. The number of ether oxygens (including phenoxy) is 1. The molecular weight excluding hydrogens is 244 g/mol. The van der Waals surface area contributed by atoms with Gasteiger partial charge in [-0.05, 0) is 46.0 Å². The summed E-state index contributed by atoms with van der Waals surface area (Å²) in [7, 11) is 0. The van der Waals surface area contributed by atoms with Crippen molar-refractivity contribution in [1.82, 2.24) is 10.2 Å². The molecule has 2 amide bonds. The Morgan fingerprint density at radius 1 is 1.26 bits per heavy atom. The summed E-state index contributed by atoms with van der Waals surface area (Å²) >= 11 is 0. The number of carbonyl (C=O) groups excluding carboxylic acids is 2. The standard InChI is InChI=1S/C14H26N2O3/c1-11(17)16-9-6-12(7-10-16)5-8-15-13(18)19-14(2,3)4/h12H,5-10H2,1-4H3,(H,15,18). The van der Waals surface area contributed by atoms with Crippen molar-refractivity contribution < 1.29 is 14.3 Å². The van der Waals surface area contributed by atoms with E-state index in [-0.39, 0.29) is 12.0 Å². The van der Waals surface area contributed by atoms with Gasteiger partial charge in [0.25, 0.3) is 0 Å². The molecule has 1 fully saturated rings. The summed E-state index contributed by atoms with van der Waals surface area (Å²) in [4.78, 5) is 24.5. The number of likely N-dealkylation sites (tertiary alicyclic amines) is 1. The van der Waals surface area contributed by atoms with Crippen LogP contribution in [0.1, 0.15) is 47.0 Å². The maximum atomic E-state index is 11.5. The molecule has 0 saturated carbocycles. The number of hydrogen-bond acceptors (Lipinski definition) is 3. The van der Waals surface area contributed by atoms with Crippen LogP contribution in [0.2, 0.25) is 0 Å². The Labute approximate surface area is 115 Å². The Morgan fingerprint density at radius 2 is 1.84 bits per heavy atom. The number of amides is 2. The molecule has 0 radical (unpaired) electrons. The van der Waals surface area contributed by atoms with Gasteiger partial charge in [0.2, 0.25) is 5.91 Å². The molecule has 19 heavy (non-hydrogen) atoms. The van der Waals surface area contributed by atoms with Crippen LogP contribution in [-0.4, -0.2) is 42.1 Å². The SMILES string of the molecule is CC(=O)N1CCC(CCNC(=O)OC(C)(C)C)CC1. The second kappa shape index (κ2) is 6.78. The summed E-state index contributed by atoms with van der Waals surface area (Å²) in [5, 5.41) is 2.78. The molecule has 0 bridgehead atoms. The van der Waals surface area contributed by atoms with Crippen molar-refractivity contribution in [1.29, 1.82) is 0 Å². The first-order valence-corrected chi connectivity index (χ1v) is 7.00. The van der Waals surface area contributed by atoms with Crippen molar-refractivity contribution in [2.75, 3.05) is 19.6 Å². The molecule has 0 atom stereocenters. The number of nitrogens with zero attached hydrogens (tertiary/aromatic N) is 1. The van der Waals surface area contributed by atoms with Crippen LogP contribution in [0.25, 0.3) is 0 Å². The van der Waals surface area contributed by atoms with Crippen molar-refractivity contribution in [3.05, 3.63) is 0 Å². The predicted octanol–water partition coefficient (Wildman–Crippen LogP) is 2.16. The molecule has 1 heterocycles. The van der Waals surface area contributed by atoms with Gasteiger partial charge in [-0.1, -0.05) is 0 Å². The Morgan fingerprint density at radius 3 is 2.32 bits per heavy atom. The van der Waals surface area contributed by atoms with Crippen LogP contribution < -0.4 is 5.32 Å². The molecule has 1 aliphatic rings. The van der Waals surface area contributed by atoms with Crippen LogP contribution in [0.4, 0.5) is 4.79 Å². The highest BCUT2D eigenvalue weighted by Gasteiger charge is 2.21. The first-order valence-electron chi connectivity index (χ1n) is 7.00. The van der Waals surface area contributed by atoms with E-state index in [0.29, 0.717) is 12.5 Å². The molecule has 0 aromatic heterocycles. The summed E-state index contributed by atoms with van der Waals surface area (Å²) in [5.41, 5.74) is -0.448. The lowest BCUT2D eigenvalue weighted by atomic mass is 9.93. The van der Waals surface area contributed by atoms with Crippen LogP contribution in [0, 0.1) is 5.92 Å². The average molecular weight is 270 g/mol. The van der Waals surface area contributed by atoms with Gasteiger partial charge in [-0.15, -0.1) is 0 Å². The lowest BCUT2D eigenvalue weighted by Gasteiger charge is -2.31. The Bertz CT molecular complexity index is 315. The Balaban J connectivity index is 2.14. The van der Waals surface area contributed by atoms with Crippen LogP contribution >= 0.6 is 0 Å². The minimum atomic E-state index is -0.448. The topological polar surface area (TPSA) is 58.6 Å². The van der Waals surface area contributed by atoms with E-state index in [1.165, 1.54) is 0 Å². The van der Waals surface area contributed by atoms with Gasteiger partial charge in [0.05, 0.1) is 0 Å². The number of carbonyl (C=O) groups is 2. The molecule has 0 spiro atoms. The molecule has 1 aliphatic heterocycles. The van der Waals surface area contributed by atoms with Crippen molar-refractivity contribution in [2.24, 2.45) is 5.92 Å². The zero-order valence-electron chi connectivity index (χ0n) is 12.5. The molecular formula is C14H26N2O3. The van der Waals surface area contributed by atoms with Gasteiger partial charge in [-0.3, -0.25) is 4.79 Å². The lowest BCUT2D eigenvalue weighted by molar-refractivity contribution is -0.130. The highest BCUT2D eigenvalue weighted by atomic mass is 16.6. The quantitative estimate of drug-likeness (QED) is 0.855. The van der Waals surface area contributed by atoms with Gasteiger partial charge < -0.3 is 15.0 Å². The van der Waals surface area contributed by atoms with Gasteiger partial charge in [-0.25, -0.2) is 4.79 Å². The van der Waals surface area contributed by atoms with Crippen LogP contribution in [0.3, 0.4) is 0 Å². The first kappa shape index (κ1) is 15.8. The molecule has 1 saturated heterocycles. The van der Waals surface area contributed by atoms with Crippen molar-refractivity contribution in [3.63, 3.8) is 0 Å². The summed E-state index contributed by atoms with van der Waals surface area (Å²) < 4.78 is 5.17. The van der Waals surface area contributed by atoms with Gasteiger partial charge >= 0.3 is 6.09 Å². The second-order valence-electron chi connectivity index (χ2n) is 6.17. The zero-order chi connectivity index (χ0) is 14.5. The predicted molar refractivity (Wildman–Crippen MR) is 73.8 cm³/mol. The number of hydrogen-bond donors (Lipinski definition) is 1. The van der Waals surface area contributed by atoms with E-state index in [1.54, 1.807) is 6.92 Å². The second-order valence-corrected chi connectivity index (χ2v) is 6.17. The van der Waals surface area contributed by atoms with Crippen LogP contribution in [-0.2, 0) is 9.53 Å². The highest BCUT2D eigenvalue weighted by Crippen LogP contribution is 2.20. The fourth-order valence-corrected chi connectivity index (χ4v) is 2.23. The normalized spacial score (nSPS) is 17.2. The van der Waals surface area contributed by atoms with E-state index in [9.17, 15) is 9.59 Å². The van der Waals surface area contributed by atoms with Gasteiger partial charge in [0.15, 0.2) is 0 Å². The molecule has 5 nitrogen and oxygen atoms in total. The molecule has 110 valence electrons. The van der Waals surface area contributed by atoms with Crippen molar-refractivity contribution in [2.45, 2.75) is 52.6 Å². The smallest absolute Gasteiger partial charge is 0.407 e. The molecule has 0 aliphatic carbocycles. The van der Waals surface area contributed by atoms with E-state index < -0.39 is 5.60 Å². The van der Waals surface area contributed by atoms with E-state index in [0.717, 1.165) is 32.4 Å². The van der Waals surface area contributed by atoms with E-state index in [4.69, 9.17) is 4.74 Å². The van der Waals surface area contributed by atoms with Gasteiger partial charge in [-0.2, -0.15) is 0 Å². The summed E-state index contributed by atoms with van der Waals surface area (Å²) in [6, 6.07) is 0. The summed E-state index contributed by atoms with van der Waals surface area (Å²) in [5.74, 6) is 0.746. The number of piperidine rings is 1. The molecule has 0 unspecified atom stereocenters. The third-order valence-corrected chi connectivity index (χ3v) is 3.28. The monoisotopic (exact) mass is 270 g/mol. The fourth-order valence-electron chi connectivity index (χ4n) is 2.23. The summed E-state index contributed by atoms with van der Waals surface area (Å²) in [6.07, 6.45) is 2.64. The maximum absolute atomic E-state index is 11.5. The minimum absolute atomic E-state index is 0.158. The molecule has 0 aromatic rings. The van der Waals surface area contributed by atoms with E-state index in [2.05, 4.69) is 5.32 Å². The molecule has 1 N–H and O–H groups in total. The molecule has 5 heteroatoms. The van der Waals surface area contributed by atoms with E-state index >= 15 is 0 Å². The number of alkyl carbamates (subject to hydrolysis) is 1. The highest BCUT2D eigenvalue weighted by molar-refractivity contribution is 5.73. The first-order chi connectivity index (χ1) is 8.78. The largest absolute Gasteiger partial charge is 0.444 e. The minimum Gasteiger partial charge on any atom is -0.444 e. The van der Waals surface area contributed by atoms with Crippen molar-refractivity contribution in [3.8, 4) is 0 Å². The van der Waals surface area contributed by atoms with Crippen molar-refractivity contribution >= 4 is 12.0 Å². The average Bonchev–Trinajstić information content (AvgIpc) is 2.27. The third kappa shape index (κ3) is 6.45. The van der Waals surface area contributed by atoms with Crippen LogP contribution in [0.15, 0.2) is 0 Å². The third-order valence-electron chi connectivity index (χ3n) is 3.28. The summed E-state index contributed by atoms with van der Waals surface area (Å²) in [6.45, 7) is 9.49. The number of rotatable bonds is 3. The molecule has 1 rings (SSSR count). The lowest BCUT2D eigenvalue weighted by Crippen LogP contribution is -2.38. The van der Waals surface area contributed by atoms with Gasteiger partial charge in [0, 0.05) is 26.6 Å². The number of nitrogens with one attached hydrogen (secondary N) is 1. The zero-order valence-corrected chi connectivity index (χ0v) is 12.5.